The molecule has 0 bridgehead atoms. The van der Waals surface area contributed by atoms with Gasteiger partial charge in [-0.3, -0.25) is 0 Å². The lowest BCUT2D eigenvalue weighted by molar-refractivity contribution is 0.0505. The lowest BCUT2D eigenvalue weighted by atomic mass is 10.1. The van der Waals surface area contributed by atoms with E-state index >= 15 is 0 Å². The highest BCUT2D eigenvalue weighted by atomic mass is 16.5. The predicted octanol–water partition coefficient (Wildman–Crippen LogP) is 3.44. The molecule has 19 heavy (non-hydrogen) atoms. The van der Waals surface area contributed by atoms with E-state index in [1.807, 2.05) is 13.0 Å². The van der Waals surface area contributed by atoms with E-state index in [9.17, 15) is 4.79 Å². The molecule has 0 saturated heterocycles. The number of carbonyl (C=O) groups is 1. The van der Waals surface area contributed by atoms with Gasteiger partial charge in [0.15, 0.2) is 0 Å². The quantitative estimate of drug-likeness (QED) is 0.585. The summed E-state index contributed by atoms with van der Waals surface area (Å²) in [4.78, 5) is 11.7. The molecule has 3 N–H and O–H groups in total. The van der Waals surface area contributed by atoms with Crippen molar-refractivity contribution in [1.82, 2.24) is 0 Å². The largest absolute Gasteiger partial charge is 0.462 e. The van der Waals surface area contributed by atoms with Gasteiger partial charge in [-0.1, -0.05) is 20.3 Å². The molecular weight excluding hydrogens is 240 g/mol. The minimum atomic E-state index is -0.318. The lowest BCUT2D eigenvalue weighted by Crippen LogP contribution is -2.16. The van der Waals surface area contributed by atoms with Gasteiger partial charge in [-0.2, -0.15) is 0 Å². The van der Waals surface area contributed by atoms with Gasteiger partial charge in [0.05, 0.1) is 23.5 Å². The summed E-state index contributed by atoms with van der Waals surface area (Å²) < 4.78 is 5.08. The molecule has 0 fully saturated rings. The minimum Gasteiger partial charge on any atom is -0.462 e. The van der Waals surface area contributed by atoms with Crippen LogP contribution in [0.15, 0.2) is 18.2 Å². The number of nitrogens with one attached hydrogen (secondary N) is 1. The van der Waals surface area contributed by atoms with Crippen molar-refractivity contribution in [1.29, 1.82) is 0 Å². The molecule has 106 valence electrons. The third-order valence-corrected chi connectivity index (χ3v) is 2.85. The number of esters is 1. The molecule has 1 rings (SSSR count). The fraction of sp³-hybridized carbons (Fsp3) is 0.533. The second-order valence-corrected chi connectivity index (χ2v) is 4.77. The second kappa shape index (κ2) is 7.67. The van der Waals surface area contributed by atoms with Gasteiger partial charge in [0, 0.05) is 6.04 Å². The van der Waals surface area contributed by atoms with E-state index in [1.54, 1.807) is 12.1 Å². The predicted molar refractivity (Wildman–Crippen MR) is 79.4 cm³/mol. The van der Waals surface area contributed by atoms with Gasteiger partial charge in [0.1, 0.15) is 0 Å². The van der Waals surface area contributed by atoms with Crippen LogP contribution in [-0.4, -0.2) is 18.6 Å². The Labute approximate surface area is 115 Å². The van der Waals surface area contributed by atoms with Crippen LogP contribution in [-0.2, 0) is 4.74 Å². The van der Waals surface area contributed by atoms with Crippen molar-refractivity contribution in [2.75, 3.05) is 17.7 Å². The first-order chi connectivity index (χ1) is 9.08. The van der Waals surface area contributed by atoms with Gasteiger partial charge in [0.25, 0.3) is 0 Å². The molecule has 4 nitrogen and oxygen atoms in total. The molecule has 1 aromatic rings. The molecule has 0 unspecified atom stereocenters. The third-order valence-electron chi connectivity index (χ3n) is 2.85. The number of rotatable bonds is 7. The van der Waals surface area contributed by atoms with Crippen molar-refractivity contribution in [3.05, 3.63) is 23.8 Å². The van der Waals surface area contributed by atoms with Crippen LogP contribution in [0.1, 0.15) is 50.4 Å². The highest BCUT2D eigenvalue weighted by Crippen LogP contribution is 2.22. The molecule has 0 radical (unpaired) electrons. The minimum absolute atomic E-state index is 0.318. The van der Waals surface area contributed by atoms with Crippen LogP contribution in [0.25, 0.3) is 0 Å². The first kappa shape index (κ1) is 15.3. The fourth-order valence-corrected chi connectivity index (χ4v) is 1.87. The van der Waals surface area contributed by atoms with Crippen molar-refractivity contribution < 1.29 is 9.53 Å². The van der Waals surface area contributed by atoms with E-state index in [0.717, 1.165) is 24.9 Å². The molecule has 0 saturated carbocycles. The highest BCUT2D eigenvalue weighted by Gasteiger charge is 2.10. The van der Waals surface area contributed by atoms with Crippen LogP contribution in [0, 0.1) is 0 Å². The van der Waals surface area contributed by atoms with Crippen LogP contribution >= 0.6 is 0 Å². The molecule has 0 amide bonds. The maximum absolute atomic E-state index is 11.7. The van der Waals surface area contributed by atoms with Crippen LogP contribution in [0.3, 0.4) is 0 Å². The average Bonchev–Trinajstić information content (AvgIpc) is 2.38. The summed E-state index contributed by atoms with van der Waals surface area (Å²) in [6, 6.07) is 5.61. The highest BCUT2D eigenvalue weighted by molar-refractivity contribution is 5.91. The van der Waals surface area contributed by atoms with E-state index in [2.05, 4.69) is 19.2 Å². The second-order valence-electron chi connectivity index (χ2n) is 4.77. The first-order valence-corrected chi connectivity index (χ1v) is 6.91. The molecule has 1 aromatic carbocycles. The number of hydrogen-bond acceptors (Lipinski definition) is 4. The van der Waals surface area contributed by atoms with Crippen LogP contribution in [0.4, 0.5) is 11.4 Å². The topological polar surface area (TPSA) is 64.3 Å². The van der Waals surface area contributed by atoms with Crippen LogP contribution in [0.2, 0.25) is 0 Å². The summed E-state index contributed by atoms with van der Waals surface area (Å²) in [7, 11) is 0. The van der Waals surface area contributed by atoms with Crippen molar-refractivity contribution in [3.8, 4) is 0 Å². The summed E-state index contributed by atoms with van der Waals surface area (Å²) in [5.41, 5.74) is 7.91. The van der Waals surface area contributed by atoms with Crippen LogP contribution < -0.4 is 11.1 Å². The molecule has 0 aromatic heterocycles. The van der Waals surface area contributed by atoms with Crippen molar-refractivity contribution in [2.45, 2.75) is 46.1 Å². The maximum Gasteiger partial charge on any atom is 0.338 e. The van der Waals surface area contributed by atoms with E-state index in [1.165, 1.54) is 0 Å². The zero-order valence-electron chi connectivity index (χ0n) is 12.0. The molecule has 4 heteroatoms. The number of carbonyl (C=O) groups excluding carboxylic acids is 1. The van der Waals surface area contributed by atoms with Gasteiger partial charge < -0.3 is 15.8 Å². The Hall–Kier alpha value is -1.71. The van der Waals surface area contributed by atoms with E-state index < -0.39 is 0 Å². The zero-order valence-corrected chi connectivity index (χ0v) is 12.0. The molecule has 0 heterocycles. The Morgan fingerprint density at radius 2 is 2.11 bits per heavy atom. The number of nitrogen functional groups attached to an aromatic ring is 1. The Balaban J connectivity index is 2.71. The Morgan fingerprint density at radius 3 is 2.68 bits per heavy atom. The summed E-state index contributed by atoms with van der Waals surface area (Å²) in [5.74, 6) is -0.318. The normalized spacial score (nSPS) is 11.9. The van der Waals surface area contributed by atoms with Gasteiger partial charge in [-0.05, 0) is 38.0 Å². The summed E-state index contributed by atoms with van der Waals surface area (Å²) in [6.07, 6.45) is 3.02. The Bertz CT molecular complexity index is 419. The molecule has 0 aliphatic carbocycles. The molecule has 1 atom stereocenters. The molecule has 0 spiro atoms. The fourth-order valence-electron chi connectivity index (χ4n) is 1.87. The summed E-state index contributed by atoms with van der Waals surface area (Å²) >= 11 is 0. The lowest BCUT2D eigenvalue weighted by Gasteiger charge is -2.16. The standard InChI is InChI=1S/C15H24N2O2/c1-4-6-11(3)17-14-8-7-12(10-13(14)16)15(18)19-9-5-2/h7-8,10-11,17H,4-6,9,16H2,1-3H3/t11-/m1/s1. The number of anilines is 2. The molecular formula is C15H24N2O2. The van der Waals surface area contributed by atoms with E-state index in [-0.39, 0.29) is 5.97 Å². The van der Waals surface area contributed by atoms with Crippen molar-refractivity contribution in [3.63, 3.8) is 0 Å². The third kappa shape index (κ3) is 4.81. The summed E-state index contributed by atoms with van der Waals surface area (Å²) in [5, 5.41) is 3.34. The first-order valence-electron chi connectivity index (χ1n) is 6.91. The summed E-state index contributed by atoms with van der Waals surface area (Å²) in [6.45, 7) is 6.66. The number of nitrogens with two attached hydrogens (primary N) is 1. The molecule has 0 aliphatic rings. The van der Waals surface area contributed by atoms with Crippen molar-refractivity contribution in [2.24, 2.45) is 0 Å². The van der Waals surface area contributed by atoms with Gasteiger partial charge in [-0.15, -0.1) is 0 Å². The maximum atomic E-state index is 11.7. The Kier molecular flexibility index (Phi) is 6.19. The van der Waals surface area contributed by atoms with Crippen molar-refractivity contribution >= 4 is 17.3 Å². The smallest absolute Gasteiger partial charge is 0.338 e. The number of hydrogen-bond donors (Lipinski definition) is 2. The van der Waals surface area contributed by atoms with Gasteiger partial charge >= 0.3 is 5.97 Å². The van der Waals surface area contributed by atoms with E-state index in [0.29, 0.717) is 23.9 Å². The van der Waals surface area contributed by atoms with Gasteiger partial charge in [-0.25, -0.2) is 4.79 Å². The molecule has 0 aliphatic heterocycles. The number of benzene rings is 1. The monoisotopic (exact) mass is 264 g/mol. The average molecular weight is 264 g/mol. The Morgan fingerprint density at radius 1 is 1.37 bits per heavy atom. The van der Waals surface area contributed by atoms with Gasteiger partial charge in [0.2, 0.25) is 0 Å². The SMILES string of the molecule is CCCOC(=O)c1ccc(N[C@H](C)CCC)c(N)c1. The zero-order chi connectivity index (χ0) is 14.3. The van der Waals surface area contributed by atoms with Crippen LogP contribution in [0.5, 0.6) is 0 Å². The number of ether oxygens (including phenoxy) is 1. The van der Waals surface area contributed by atoms with E-state index in [4.69, 9.17) is 10.5 Å².